The average Bonchev–Trinajstić information content (AvgIpc) is 2.83. The van der Waals surface area contributed by atoms with Crippen LogP contribution in [0.3, 0.4) is 0 Å². The second-order valence-electron chi connectivity index (χ2n) is 5.98. The Morgan fingerprint density at radius 3 is 3.20 bits per heavy atom. The monoisotopic (exact) mass is 269 g/mol. The van der Waals surface area contributed by atoms with Gasteiger partial charge in [0.25, 0.3) is 5.91 Å². The lowest BCUT2D eigenvalue weighted by Gasteiger charge is -2.39. The van der Waals surface area contributed by atoms with Crippen molar-refractivity contribution in [3.8, 4) is 0 Å². The molecule has 0 aromatic rings. The Hall–Kier alpha value is -1.84. The highest BCUT2D eigenvalue weighted by Gasteiger charge is 2.40. The van der Waals surface area contributed by atoms with Crippen LogP contribution in [0.4, 0.5) is 0 Å². The lowest BCUT2D eigenvalue weighted by Crippen LogP contribution is -2.46. The van der Waals surface area contributed by atoms with Crippen LogP contribution in [-0.4, -0.2) is 29.6 Å². The van der Waals surface area contributed by atoms with E-state index in [0.717, 1.165) is 18.0 Å². The predicted octanol–water partition coefficient (Wildman–Crippen LogP) is 2.12. The van der Waals surface area contributed by atoms with Crippen LogP contribution in [-0.2, 0) is 4.79 Å². The minimum atomic E-state index is -0.186. The number of carbonyl (C=O) groups is 1. The zero-order valence-corrected chi connectivity index (χ0v) is 11.5. The minimum Gasteiger partial charge on any atom is -0.356 e. The van der Waals surface area contributed by atoms with Gasteiger partial charge in [-0.05, 0) is 43.3 Å². The van der Waals surface area contributed by atoms with Crippen LogP contribution in [0.15, 0.2) is 40.3 Å². The zero-order chi connectivity index (χ0) is 13.5. The molecule has 1 aliphatic carbocycles. The molecular weight excluding hydrogens is 250 g/mol. The van der Waals surface area contributed by atoms with E-state index in [9.17, 15) is 4.79 Å². The van der Waals surface area contributed by atoms with E-state index in [-0.39, 0.29) is 11.9 Å². The molecule has 0 aromatic carbocycles. The van der Waals surface area contributed by atoms with Crippen molar-refractivity contribution in [2.24, 2.45) is 10.9 Å². The van der Waals surface area contributed by atoms with E-state index < -0.39 is 0 Å². The maximum atomic E-state index is 12.3. The molecule has 0 radical (unpaired) electrons. The molecule has 1 fully saturated rings. The second kappa shape index (κ2) is 4.62. The van der Waals surface area contributed by atoms with Crippen molar-refractivity contribution >= 4 is 12.1 Å². The third-order valence-electron chi connectivity index (χ3n) is 4.89. The number of fused-ring (bicyclic) bond motifs is 4. The van der Waals surface area contributed by atoms with Gasteiger partial charge in [0.1, 0.15) is 6.04 Å². The number of aliphatic imine (C=N–C) groups is 1. The summed E-state index contributed by atoms with van der Waals surface area (Å²) >= 11 is 0. The molecule has 2 unspecified atom stereocenters. The smallest absolute Gasteiger partial charge is 0.251 e. The summed E-state index contributed by atoms with van der Waals surface area (Å²) in [7, 11) is 0. The maximum Gasteiger partial charge on any atom is 0.251 e. The molecule has 0 spiro atoms. The molecule has 104 valence electrons. The Morgan fingerprint density at radius 1 is 1.30 bits per heavy atom. The van der Waals surface area contributed by atoms with Crippen molar-refractivity contribution < 1.29 is 4.79 Å². The molecule has 1 saturated carbocycles. The Balaban J connectivity index is 1.78. The molecule has 4 rings (SSSR count). The van der Waals surface area contributed by atoms with E-state index in [1.807, 2.05) is 6.21 Å². The molecule has 4 heteroatoms. The van der Waals surface area contributed by atoms with Gasteiger partial charge < -0.3 is 10.2 Å². The first-order valence-corrected chi connectivity index (χ1v) is 7.54. The molecule has 0 bridgehead atoms. The number of hydrogen-bond acceptors (Lipinski definition) is 3. The largest absolute Gasteiger partial charge is 0.356 e. The molecule has 0 saturated heterocycles. The van der Waals surface area contributed by atoms with Crippen LogP contribution in [0.5, 0.6) is 0 Å². The molecule has 1 N–H and O–H groups in total. The molecule has 4 nitrogen and oxygen atoms in total. The first-order valence-electron chi connectivity index (χ1n) is 7.54. The maximum absolute atomic E-state index is 12.3. The van der Waals surface area contributed by atoms with Gasteiger partial charge in [0.2, 0.25) is 0 Å². The third kappa shape index (κ3) is 1.74. The first-order chi connectivity index (χ1) is 9.84. The number of hydrogen-bond donors (Lipinski definition) is 1. The summed E-state index contributed by atoms with van der Waals surface area (Å²) in [6.07, 6.45) is 13.6. The van der Waals surface area contributed by atoms with Gasteiger partial charge in [-0.15, -0.1) is 0 Å². The van der Waals surface area contributed by atoms with Crippen molar-refractivity contribution in [2.75, 3.05) is 6.54 Å². The second-order valence-corrected chi connectivity index (χ2v) is 5.98. The van der Waals surface area contributed by atoms with E-state index in [1.165, 1.54) is 37.8 Å². The van der Waals surface area contributed by atoms with E-state index in [2.05, 4.69) is 21.3 Å². The highest BCUT2D eigenvalue weighted by atomic mass is 16.2. The van der Waals surface area contributed by atoms with Gasteiger partial charge in [-0.1, -0.05) is 6.42 Å². The van der Waals surface area contributed by atoms with E-state index >= 15 is 0 Å². The van der Waals surface area contributed by atoms with Gasteiger partial charge in [0.15, 0.2) is 0 Å². The van der Waals surface area contributed by atoms with Gasteiger partial charge in [0, 0.05) is 36.4 Å². The first kappa shape index (κ1) is 11.9. The summed E-state index contributed by atoms with van der Waals surface area (Å²) < 4.78 is 0. The third-order valence-corrected chi connectivity index (χ3v) is 4.89. The number of carbonyl (C=O) groups excluding carboxylic acids is 1. The van der Waals surface area contributed by atoms with Crippen molar-refractivity contribution in [1.29, 1.82) is 0 Å². The van der Waals surface area contributed by atoms with Crippen LogP contribution in [0.2, 0.25) is 0 Å². The van der Waals surface area contributed by atoms with Crippen molar-refractivity contribution in [3.05, 3.63) is 35.3 Å². The highest BCUT2D eigenvalue weighted by Crippen LogP contribution is 2.42. The number of nitrogens with zero attached hydrogens (tertiary/aromatic N) is 2. The number of amides is 1. The summed E-state index contributed by atoms with van der Waals surface area (Å²) in [5.74, 6) is 0.804. The molecular formula is C16H19N3O. The zero-order valence-electron chi connectivity index (χ0n) is 11.5. The molecule has 3 heterocycles. The van der Waals surface area contributed by atoms with E-state index in [4.69, 9.17) is 0 Å². The van der Waals surface area contributed by atoms with Crippen LogP contribution >= 0.6 is 0 Å². The van der Waals surface area contributed by atoms with Gasteiger partial charge in [0.05, 0.1) is 0 Å². The van der Waals surface area contributed by atoms with Crippen LogP contribution in [0.25, 0.3) is 0 Å². The fourth-order valence-corrected chi connectivity index (χ4v) is 3.97. The van der Waals surface area contributed by atoms with Gasteiger partial charge in [-0.2, -0.15) is 0 Å². The minimum absolute atomic E-state index is 0.0588. The van der Waals surface area contributed by atoms with Crippen molar-refractivity contribution in [1.82, 2.24) is 10.2 Å². The Labute approximate surface area is 118 Å². The topological polar surface area (TPSA) is 44.7 Å². The standard InChI is InChI=1S/C16H19N3O/c20-16-15-12(10-17-6-7-18-16)9-14-13-4-2-1-3-11(13)5-8-19(14)15/h6-7,9-11,15H,1-5,8H2,(H,18,20). The molecule has 0 aromatic heterocycles. The quantitative estimate of drug-likeness (QED) is 0.732. The summed E-state index contributed by atoms with van der Waals surface area (Å²) in [6, 6.07) is -0.186. The number of rotatable bonds is 0. The highest BCUT2D eigenvalue weighted by molar-refractivity contribution is 5.98. The lowest BCUT2D eigenvalue weighted by molar-refractivity contribution is -0.123. The Bertz CT molecular complexity index is 570. The number of allylic oxidation sites excluding steroid dienone is 2. The van der Waals surface area contributed by atoms with Gasteiger partial charge in [-0.25, -0.2) is 0 Å². The SMILES string of the molecule is O=C1NC=CN=CC2=CC3=C4CCCCC4CCN3C12. The van der Waals surface area contributed by atoms with Crippen molar-refractivity contribution in [2.45, 2.75) is 38.1 Å². The lowest BCUT2D eigenvalue weighted by atomic mass is 9.79. The number of nitrogens with one attached hydrogen (secondary N) is 1. The van der Waals surface area contributed by atoms with Crippen LogP contribution in [0.1, 0.15) is 32.1 Å². The van der Waals surface area contributed by atoms with Gasteiger partial charge in [-0.3, -0.25) is 9.79 Å². The summed E-state index contributed by atoms with van der Waals surface area (Å²) in [5.41, 5.74) is 3.92. The van der Waals surface area contributed by atoms with Gasteiger partial charge >= 0.3 is 0 Å². The molecule has 4 aliphatic rings. The summed E-state index contributed by atoms with van der Waals surface area (Å²) in [6.45, 7) is 0.985. The van der Waals surface area contributed by atoms with Crippen LogP contribution in [0, 0.1) is 5.92 Å². The normalized spacial score (nSPS) is 31.9. The summed E-state index contributed by atoms with van der Waals surface area (Å²) in [5, 5.41) is 2.82. The van der Waals surface area contributed by atoms with Crippen LogP contribution < -0.4 is 5.32 Å². The summed E-state index contributed by atoms with van der Waals surface area (Å²) in [4.78, 5) is 18.9. The fraction of sp³-hybridized carbons (Fsp3) is 0.500. The fourth-order valence-electron chi connectivity index (χ4n) is 3.97. The molecule has 20 heavy (non-hydrogen) atoms. The molecule has 3 aliphatic heterocycles. The molecule has 2 atom stereocenters. The molecule has 1 amide bonds. The Kier molecular flexibility index (Phi) is 2.76. The average molecular weight is 269 g/mol. The predicted molar refractivity (Wildman–Crippen MR) is 78.0 cm³/mol. The van der Waals surface area contributed by atoms with E-state index in [1.54, 1.807) is 18.0 Å². The van der Waals surface area contributed by atoms with Crippen molar-refractivity contribution in [3.63, 3.8) is 0 Å². The van der Waals surface area contributed by atoms with E-state index in [0.29, 0.717) is 0 Å². The Morgan fingerprint density at radius 2 is 2.25 bits per heavy atom.